The maximum absolute atomic E-state index is 9.98. The first-order chi connectivity index (χ1) is 8.16. The molecule has 2 rings (SSSR count). The van der Waals surface area contributed by atoms with Crippen LogP contribution in [0.4, 0.5) is 5.69 Å². The quantitative estimate of drug-likeness (QED) is 0.630. The molecule has 1 aromatic heterocycles. The van der Waals surface area contributed by atoms with Gasteiger partial charge in [0.15, 0.2) is 5.16 Å². The molecule has 2 aromatic rings. The third-order valence-corrected chi connectivity index (χ3v) is 3.47. The molecule has 0 bridgehead atoms. The molecule has 0 aliphatic heterocycles. The maximum Gasteiger partial charge on any atom is 0.190 e. The van der Waals surface area contributed by atoms with Gasteiger partial charge in [-0.1, -0.05) is 23.9 Å². The Morgan fingerprint density at radius 3 is 2.71 bits per heavy atom. The molecule has 6 heteroatoms. The van der Waals surface area contributed by atoms with E-state index in [0.717, 1.165) is 10.7 Å². The van der Waals surface area contributed by atoms with Crippen molar-refractivity contribution in [3.8, 4) is 0 Å². The largest absolute Gasteiger partial charge is 0.399 e. The molecule has 1 heterocycles. The van der Waals surface area contributed by atoms with Crippen LogP contribution in [-0.4, -0.2) is 25.6 Å². The highest BCUT2D eigenvalue weighted by Gasteiger charge is 2.10. The number of hydrogen-bond acceptors (Lipinski definition) is 5. The van der Waals surface area contributed by atoms with E-state index in [1.807, 2.05) is 23.7 Å². The van der Waals surface area contributed by atoms with Crippen LogP contribution in [0.3, 0.4) is 0 Å². The summed E-state index contributed by atoms with van der Waals surface area (Å²) in [7, 11) is 1.87. The Labute approximate surface area is 104 Å². The molecule has 0 saturated carbocycles. The lowest BCUT2D eigenvalue weighted by molar-refractivity contribution is 0.204. The summed E-state index contributed by atoms with van der Waals surface area (Å²) in [5.74, 6) is 0.538. The SMILES string of the molecule is Cn1cnnc1SCC(O)c1ccc(N)cc1. The molecule has 1 unspecified atom stereocenters. The molecule has 0 radical (unpaired) electrons. The van der Waals surface area contributed by atoms with E-state index in [4.69, 9.17) is 5.73 Å². The summed E-state index contributed by atoms with van der Waals surface area (Å²) in [5.41, 5.74) is 7.14. The molecule has 0 spiro atoms. The minimum Gasteiger partial charge on any atom is -0.399 e. The van der Waals surface area contributed by atoms with Crippen molar-refractivity contribution in [2.24, 2.45) is 7.05 Å². The van der Waals surface area contributed by atoms with Gasteiger partial charge in [0.2, 0.25) is 0 Å². The first-order valence-electron chi connectivity index (χ1n) is 5.17. The second-order valence-corrected chi connectivity index (χ2v) is 4.71. The van der Waals surface area contributed by atoms with Crippen LogP contribution in [0.5, 0.6) is 0 Å². The topological polar surface area (TPSA) is 77.0 Å². The predicted molar refractivity (Wildman–Crippen MR) is 67.5 cm³/mol. The summed E-state index contributed by atoms with van der Waals surface area (Å²) in [6.45, 7) is 0. The van der Waals surface area contributed by atoms with Gasteiger partial charge in [0, 0.05) is 18.5 Å². The number of nitrogens with two attached hydrogens (primary N) is 1. The zero-order valence-electron chi connectivity index (χ0n) is 9.45. The van der Waals surface area contributed by atoms with Crippen molar-refractivity contribution < 1.29 is 5.11 Å². The Hall–Kier alpha value is -1.53. The van der Waals surface area contributed by atoms with Gasteiger partial charge in [-0.05, 0) is 17.7 Å². The number of aliphatic hydroxyl groups excluding tert-OH is 1. The monoisotopic (exact) mass is 250 g/mol. The van der Waals surface area contributed by atoms with Crippen molar-refractivity contribution in [1.29, 1.82) is 0 Å². The van der Waals surface area contributed by atoms with E-state index in [2.05, 4.69) is 10.2 Å². The van der Waals surface area contributed by atoms with Gasteiger partial charge in [0.05, 0.1) is 6.10 Å². The predicted octanol–water partition coefficient (Wildman–Crippen LogP) is 1.22. The summed E-state index contributed by atoms with van der Waals surface area (Å²) in [6, 6.07) is 7.23. The zero-order chi connectivity index (χ0) is 12.3. The van der Waals surface area contributed by atoms with E-state index < -0.39 is 6.10 Å². The van der Waals surface area contributed by atoms with Gasteiger partial charge in [-0.25, -0.2) is 0 Å². The number of nitrogens with zero attached hydrogens (tertiary/aromatic N) is 3. The Balaban J connectivity index is 1.95. The van der Waals surface area contributed by atoms with Crippen molar-refractivity contribution in [1.82, 2.24) is 14.8 Å². The van der Waals surface area contributed by atoms with Gasteiger partial charge in [0.25, 0.3) is 0 Å². The number of rotatable bonds is 4. The van der Waals surface area contributed by atoms with Crippen LogP contribution >= 0.6 is 11.8 Å². The van der Waals surface area contributed by atoms with E-state index in [0.29, 0.717) is 11.4 Å². The third kappa shape index (κ3) is 2.98. The van der Waals surface area contributed by atoms with Crippen molar-refractivity contribution in [3.63, 3.8) is 0 Å². The van der Waals surface area contributed by atoms with Gasteiger partial charge in [-0.15, -0.1) is 10.2 Å². The van der Waals surface area contributed by atoms with Gasteiger partial charge < -0.3 is 15.4 Å². The molecule has 0 aliphatic carbocycles. The summed E-state index contributed by atoms with van der Waals surface area (Å²) in [4.78, 5) is 0. The molecule has 1 aromatic carbocycles. The van der Waals surface area contributed by atoms with Crippen LogP contribution in [0.2, 0.25) is 0 Å². The molecule has 3 N–H and O–H groups in total. The fraction of sp³-hybridized carbons (Fsp3) is 0.273. The highest BCUT2D eigenvalue weighted by atomic mass is 32.2. The van der Waals surface area contributed by atoms with Crippen LogP contribution in [0.25, 0.3) is 0 Å². The Bertz CT molecular complexity index is 482. The summed E-state index contributed by atoms with van der Waals surface area (Å²) < 4.78 is 1.82. The summed E-state index contributed by atoms with van der Waals surface area (Å²) in [5, 5.41) is 18.5. The number of thioether (sulfide) groups is 1. The molecule has 0 fully saturated rings. The maximum atomic E-state index is 9.98. The highest BCUT2D eigenvalue weighted by Crippen LogP contribution is 2.23. The molecule has 0 aliphatic rings. The average molecular weight is 250 g/mol. The molecule has 17 heavy (non-hydrogen) atoms. The van der Waals surface area contributed by atoms with Crippen molar-refractivity contribution in [2.45, 2.75) is 11.3 Å². The highest BCUT2D eigenvalue weighted by molar-refractivity contribution is 7.99. The lowest BCUT2D eigenvalue weighted by Gasteiger charge is -2.10. The standard InChI is InChI=1S/C11H14N4OS/c1-15-7-13-14-11(15)17-6-10(16)8-2-4-9(12)5-3-8/h2-5,7,10,16H,6,12H2,1H3. The van der Waals surface area contributed by atoms with E-state index in [9.17, 15) is 5.11 Å². The lowest BCUT2D eigenvalue weighted by Crippen LogP contribution is -2.02. The van der Waals surface area contributed by atoms with E-state index in [1.165, 1.54) is 11.8 Å². The molecule has 0 amide bonds. The van der Waals surface area contributed by atoms with Crippen molar-refractivity contribution in [3.05, 3.63) is 36.2 Å². The fourth-order valence-electron chi connectivity index (χ4n) is 1.37. The summed E-state index contributed by atoms with van der Waals surface area (Å²) in [6.07, 6.45) is 1.11. The van der Waals surface area contributed by atoms with Crippen molar-refractivity contribution >= 4 is 17.4 Å². The molecular weight excluding hydrogens is 236 g/mol. The molecule has 0 saturated heterocycles. The van der Waals surface area contributed by atoms with Crippen LogP contribution in [-0.2, 0) is 7.05 Å². The number of hydrogen-bond donors (Lipinski definition) is 2. The lowest BCUT2D eigenvalue weighted by atomic mass is 10.1. The molecule has 90 valence electrons. The molecular formula is C11H14N4OS. The number of aryl methyl sites for hydroxylation is 1. The van der Waals surface area contributed by atoms with Crippen LogP contribution in [0, 0.1) is 0 Å². The van der Waals surface area contributed by atoms with E-state index >= 15 is 0 Å². The Morgan fingerprint density at radius 1 is 1.41 bits per heavy atom. The smallest absolute Gasteiger partial charge is 0.190 e. The van der Waals surface area contributed by atoms with Crippen LogP contribution < -0.4 is 5.73 Å². The number of aliphatic hydroxyl groups is 1. The summed E-state index contributed by atoms with van der Waals surface area (Å²) >= 11 is 1.47. The fourth-order valence-corrected chi connectivity index (χ4v) is 2.23. The van der Waals surface area contributed by atoms with E-state index in [1.54, 1.807) is 18.5 Å². The minimum absolute atomic E-state index is 0.530. The number of aromatic nitrogens is 3. The van der Waals surface area contributed by atoms with E-state index in [-0.39, 0.29) is 0 Å². The number of anilines is 1. The second-order valence-electron chi connectivity index (χ2n) is 3.72. The Kier molecular flexibility index (Phi) is 3.65. The molecule has 1 atom stereocenters. The molecule has 5 nitrogen and oxygen atoms in total. The van der Waals surface area contributed by atoms with Gasteiger partial charge in [0.1, 0.15) is 6.33 Å². The number of benzene rings is 1. The normalized spacial score (nSPS) is 12.6. The first kappa shape index (κ1) is 11.9. The first-order valence-corrected chi connectivity index (χ1v) is 6.15. The van der Waals surface area contributed by atoms with Crippen molar-refractivity contribution in [2.75, 3.05) is 11.5 Å². The minimum atomic E-state index is -0.530. The zero-order valence-corrected chi connectivity index (χ0v) is 10.3. The van der Waals surface area contributed by atoms with Gasteiger partial charge >= 0.3 is 0 Å². The van der Waals surface area contributed by atoms with Crippen LogP contribution in [0.1, 0.15) is 11.7 Å². The van der Waals surface area contributed by atoms with Crippen LogP contribution in [0.15, 0.2) is 35.7 Å². The Morgan fingerprint density at radius 2 is 2.12 bits per heavy atom. The van der Waals surface area contributed by atoms with Gasteiger partial charge in [-0.2, -0.15) is 0 Å². The number of nitrogen functional groups attached to an aromatic ring is 1. The second kappa shape index (κ2) is 5.20. The average Bonchev–Trinajstić information content (AvgIpc) is 2.73. The van der Waals surface area contributed by atoms with Gasteiger partial charge in [-0.3, -0.25) is 0 Å². The third-order valence-electron chi connectivity index (χ3n) is 2.36.